The SMILES string of the molecule is CC(=O)O[C@@](C)(C=O)CCC=C(C)C. The van der Waals surface area contributed by atoms with Gasteiger partial charge in [-0.05, 0) is 33.6 Å². The number of rotatable bonds is 5. The van der Waals surface area contributed by atoms with Gasteiger partial charge in [-0.25, -0.2) is 0 Å². The van der Waals surface area contributed by atoms with Crippen LogP contribution in [0.5, 0.6) is 0 Å². The predicted molar refractivity (Wildman–Crippen MR) is 54.9 cm³/mol. The van der Waals surface area contributed by atoms with Gasteiger partial charge >= 0.3 is 5.97 Å². The minimum absolute atomic E-state index is 0.420. The van der Waals surface area contributed by atoms with E-state index in [2.05, 4.69) is 0 Å². The molecule has 0 aromatic carbocycles. The Morgan fingerprint density at radius 1 is 1.36 bits per heavy atom. The first-order chi connectivity index (χ1) is 6.39. The number of hydrogen-bond donors (Lipinski definition) is 0. The molecule has 0 saturated heterocycles. The molecule has 0 aliphatic rings. The van der Waals surface area contributed by atoms with Gasteiger partial charge < -0.3 is 4.74 Å². The molecule has 0 heterocycles. The number of allylic oxidation sites excluding steroid dienone is 2. The molecular weight excluding hydrogens is 180 g/mol. The van der Waals surface area contributed by atoms with Gasteiger partial charge in [-0.2, -0.15) is 0 Å². The molecule has 0 fully saturated rings. The second-order valence-corrected chi connectivity index (χ2v) is 3.84. The van der Waals surface area contributed by atoms with Crippen LogP contribution in [0.1, 0.15) is 40.5 Å². The van der Waals surface area contributed by atoms with Crippen molar-refractivity contribution in [3.63, 3.8) is 0 Å². The van der Waals surface area contributed by atoms with Gasteiger partial charge in [-0.1, -0.05) is 11.6 Å². The Labute approximate surface area is 85.1 Å². The van der Waals surface area contributed by atoms with E-state index >= 15 is 0 Å². The van der Waals surface area contributed by atoms with Gasteiger partial charge in [0.2, 0.25) is 0 Å². The molecule has 3 nitrogen and oxygen atoms in total. The average molecular weight is 198 g/mol. The van der Waals surface area contributed by atoms with E-state index in [1.165, 1.54) is 12.5 Å². The van der Waals surface area contributed by atoms with Crippen LogP contribution in [-0.4, -0.2) is 17.9 Å². The Bertz CT molecular complexity index is 239. The average Bonchev–Trinajstić information content (AvgIpc) is 2.02. The zero-order valence-electron chi connectivity index (χ0n) is 9.29. The minimum atomic E-state index is -0.974. The van der Waals surface area contributed by atoms with Crippen LogP contribution in [0.2, 0.25) is 0 Å². The molecule has 14 heavy (non-hydrogen) atoms. The Morgan fingerprint density at radius 2 is 1.93 bits per heavy atom. The summed E-state index contributed by atoms with van der Waals surface area (Å²) in [4.78, 5) is 21.5. The van der Waals surface area contributed by atoms with Gasteiger partial charge in [0.1, 0.15) is 0 Å². The summed E-state index contributed by atoms with van der Waals surface area (Å²) in [5, 5.41) is 0. The lowest BCUT2D eigenvalue weighted by atomic mass is 10.0. The summed E-state index contributed by atoms with van der Waals surface area (Å²) in [5.74, 6) is -0.420. The van der Waals surface area contributed by atoms with Crippen molar-refractivity contribution in [3.8, 4) is 0 Å². The van der Waals surface area contributed by atoms with Crippen molar-refractivity contribution in [1.29, 1.82) is 0 Å². The summed E-state index contributed by atoms with van der Waals surface area (Å²) in [6, 6.07) is 0. The van der Waals surface area contributed by atoms with E-state index in [4.69, 9.17) is 4.74 Å². The molecule has 1 atom stereocenters. The maximum Gasteiger partial charge on any atom is 0.303 e. The maximum atomic E-state index is 10.7. The molecule has 0 aromatic rings. The third-order valence-electron chi connectivity index (χ3n) is 1.82. The molecule has 80 valence electrons. The molecule has 0 bridgehead atoms. The van der Waals surface area contributed by atoms with E-state index in [1.807, 2.05) is 19.9 Å². The van der Waals surface area contributed by atoms with Crippen LogP contribution in [0.4, 0.5) is 0 Å². The Hall–Kier alpha value is -1.12. The zero-order chi connectivity index (χ0) is 11.2. The van der Waals surface area contributed by atoms with Crippen molar-refractivity contribution in [3.05, 3.63) is 11.6 Å². The summed E-state index contributed by atoms with van der Waals surface area (Å²) in [6.45, 7) is 6.91. The van der Waals surface area contributed by atoms with Gasteiger partial charge in [-0.15, -0.1) is 0 Å². The highest BCUT2D eigenvalue weighted by molar-refractivity contribution is 5.72. The Morgan fingerprint density at radius 3 is 2.29 bits per heavy atom. The smallest absolute Gasteiger partial charge is 0.303 e. The number of hydrogen-bond acceptors (Lipinski definition) is 3. The number of ether oxygens (including phenoxy) is 1. The summed E-state index contributed by atoms with van der Waals surface area (Å²) < 4.78 is 4.93. The summed E-state index contributed by atoms with van der Waals surface area (Å²) in [5.41, 5.74) is 0.221. The lowest BCUT2D eigenvalue weighted by Crippen LogP contribution is -2.32. The number of carbonyl (C=O) groups excluding carboxylic acids is 2. The molecule has 0 spiro atoms. The molecule has 0 aromatic heterocycles. The molecule has 0 N–H and O–H groups in total. The largest absolute Gasteiger partial charge is 0.452 e. The van der Waals surface area contributed by atoms with Gasteiger partial charge in [0.25, 0.3) is 0 Å². The van der Waals surface area contributed by atoms with Crippen LogP contribution < -0.4 is 0 Å². The highest BCUT2D eigenvalue weighted by Crippen LogP contribution is 2.16. The number of aldehydes is 1. The maximum absolute atomic E-state index is 10.7. The van der Waals surface area contributed by atoms with E-state index < -0.39 is 11.6 Å². The van der Waals surface area contributed by atoms with E-state index in [-0.39, 0.29) is 0 Å². The molecule has 0 radical (unpaired) electrons. The van der Waals surface area contributed by atoms with E-state index in [9.17, 15) is 9.59 Å². The van der Waals surface area contributed by atoms with Crippen molar-refractivity contribution in [1.82, 2.24) is 0 Å². The minimum Gasteiger partial charge on any atom is -0.452 e. The van der Waals surface area contributed by atoms with E-state index in [0.717, 1.165) is 6.42 Å². The van der Waals surface area contributed by atoms with Gasteiger partial charge in [0.15, 0.2) is 11.9 Å². The molecule has 0 unspecified atom stereocenters. The van der Waals surface area contributed by atoms with Crippen LogP contribution in [0, 0.1) is 0 Å². The second-order valence-electron chi connectivity index (χ2n) is 3.84. The molecule has 0 rings (SSSR count). The lowest BCUT2D eigenvalue weighted by molar-refractivity contribution is -0.159. The van der Waals surface area contributed by atoms with Crippen molar-refractivity contribution in [2.24, 2.45) is 0 Å². The first-order valence-electron chi connectivity index (χ1n) is 4.69. The molecule has 0 amide bonds. The van der Waals surface area contributed by atoms with Crippen LogP contribution in [0.3, 0.4) is 0 Å². The standard InChI is InChI=1S/C11H18O3/c1-9(2)6-5-7-11(4,8-12)14-10(3)13/h6,8H,5,7H2,1-4H3/t11-/m1/s1. The fraction of sp³-hybridized carbons (Fsp3) is 0.636. The van der Waals surface area contributed by atoms with Gasteiger partial charge in [0, 0.05) is 6.92 Å². The first-order valence-corrected chi connectivity index (χ1v) is 4.69. The van der Waals surface area contributed by atoms with E-state index in [1.54, 1.807) is 6.92 Å². The fourth-order valence-corrected chi connectivity index (χ4v) is 1.11. The molecule has 0 saturated carbocycles. The summed E-state index contributed by atoms with van der Waals surface area (Å²) >= 11 is 0. The summed E-state index contributed by atoms with van der Waals surface area (Å²) in [6.07, 6.45) is 3.98. The molecular formula is C11H18O3. The second kappa shape index (κ2) is 5.58. The van der Waals surface area contributed by atoms with Crippen LogP contribution >= 0.6 is 0 Å². The Kier molecular flexibility index (Phi) is 5.13. The highest BCUT2D eigenvalue weighted by Gasteiger charge is 2.25. The van der Waals surface area contributed by atoms with Crippen LogP contribution in [0.25, 0.3) is 0 Å². The molecule has 0 aliphatic carbocycles. The monoisotopic (exact) mass is 198 g/mol. The molecule has 0 aliphatic heterocycles. The normalized spacial score (nSPS) is 14.0. The Balaban J connectivity index is 4.19. The fourth-order valence-electron chi connectivity index (χ4n) is 1.11. The van der Waals surface area contributed by atoms with Crippen LogP contribution in [0.15, 0.2) is 11.6 Å². The van der Waals surface area contributed by atoms with Crippen LogP contribution in [-0.2, 0) is 14.3 Å². The highest BCUT2D eigenvalue weighted by atomic mass is 16.6. The third-order valence-corrected chi connectivity index (χ3v) is 1.82. The topological polar surface area (TPSA) is 43.4 Å². The third kappa shape index (κ3) is 5.51. The number of esters is 1. The first kappa shape index (κ1) is 12.9. The van der Waals surface area contributed by atoms with Gasteiger partial charge in [-0.3, -0.25) is 9.59 Å². The lowest BCUT2D eigenvalue weighted by Gasteiger charge is -2.21. The van der Waals surface area contributed by atoms with Crippen molar-refractivity contribution >= 4 is 12.3 Å². The van der Waals surface area contributed by atoms with Crippen molar-refractivity contribution < 1.29 is 14.3 Å². The summed E-state index contributed by atoms with van der Waals surface area (Å²) in [7, 11) is 0. The zero-order valence-corrected chi connectivity index (χ0v) is 9.29. The van der Waals surface area contributed by atoms with Crippen molar-refractivity contribution in [2.45, 2.75) is 46.1 Å². The molecule has 3 heteroatoms. The van der Waals surface area contributed by atoms with Gasteiger partial charge in [0.05, 0.1) is 0 Å². The number of carbonyl (C=O) groups is 2. The van der Waals surface area contributed by atoms with E-state index in [0.29, 0.717) is 12.7 Å². The predicted octanol–water partition coefficient (Wildman–Crippen LogP) is 2.25. The van der Waals surface area contributed by atoms with Crippen molar-refractivity contribution in [2.75, 3.05) is 0 Å². The quantitative estimate of drug-likeness (QED) is 0.386.